The van der Waals surface area contributed by atoms with Crippen LogP contribution in [0.1, 0.15) is 32.1 Å². The van der Waals surface area contributed by atoms with Crippen LogP contribution >= 0.6 is 0 Å². The van der Waals surface area contributed by atoms with Gasteiger partial charge in [-0.05, 0) is 68.3 Å². The normalized spacial score (nSPS) is 25.4. The zero-order chi connectivity index (χ0) is 21.1. The Balaban J connectivity index is 1.28. The highest BCUT2D eigenvalue weighted by Crippen LogP contribution is 2.35. The van der Waals surface area contributed by atoms with Crippen molar-refractivity contribution >= 4 is 17.6 Å². The third-order valence-electron chi connectivity index (χ3n) is 6.95. The van der Waals surface area contributed by atoms with Crippen molar-refractivity contribution < 1.29 is 19.1 Å². The smallest absolute Gasteiger partial charge is 0.303 e. The molecule has 0 spiro atoms. The SMILES string of the molecule is O=C(O)C[C@@H]1CCN(C(=O)C2CC2)C[C@H]1CCN1CCN(c2ccc(F)cc2)CC1. The van der Waals surface area contributed by atoms with Crippen LogP contribution in [0.3, 0.4) is 0 Å². The predicted molar refractivity (Wildman–Crippen MR) is 113 cm³/mol. The Hall–Kier alpha value is -2.15. The summed E-state index contributed by atoms with van der Waals surface area (Å²) in [7, 11) is 0. The molecule has 2 aliphatic heterocycles. The molecule has 1 aliphatic carbocycles. The van der Waals surface area contributed by atoms with Gasteiger partial charge in [-0.15, -0.1) is 0 Å². The number of carboxylic acid groups (broad SMARTS) is 1. The first-order valence-electron chi connectivity index (χ1n) is 11.2. The molecule has 30 heavy (non-hydrogen) atoms. The van der Waals surface area contributed by atoms with Gasteiger partial charge in [-0.1, -0.05) is 0 Å². The highest BCUT2D eigenvalue weighted by Gasteiger charge is 2.38. The lowest BCUT2D eigenvalue weighted by atomic mass is 9.81. The van der Waals surface area contributed by atoms with Crippen LogP contribution in [0.25, 0.3) is 0 Å². The molecule has 7 heteroatoms. The molecule has 0 radical (unpaired) electrons. The molecule has 0 aromatic heterocycles. The summed E-state index contributed by atoms with van der Waals surface area (Å²) in [5.41, 5.74) is 1.05. The topological polar surface area (TPSA) is 64.1 Å². The number of aliphatic carboxylic acids is 1. The van der Waals surface area contributed by atoms with Crippen LogP contribution in [0.5, 0.6) is 0 Å². The Bertz CT molecular complexity index is 745. The predicted octanol–water partition coefficient (Wildman–Crippen LogP) is 2.69. The first kappa shape index (κ1) is 21.1. The highest BCUT2D eigenvalue weighted by atomic mass is 19.1. The molecule has 2 heterocycles. The largest absolute Gasteiger partial charge is 0.481 e. The number of amides is 1. The van der Waals surface area contributed by atoms with Gasteiger partial charge in [-0.3, -0.25) is 14.5 Å². The monoisotopic (exact) mass is 417 g/mol. The fraction of sp³-hybridized carbons (Fsp3) is 0.652. The number of halogens is 1. The number of likely N-dealkylation sites (tertiary alicyclic amines) is 1. The molecule has 3 aliphatic rings. The minimum atomic E-state index is -0.736. The molecule has 0 bridgehead atoms. The zero-order valence-corrected chi connectivity index (χ0v) is 17.5. The van der Waals surface area contributed by atoms with Crippen molar-refractivity contribution in [3.8, 4) is 0 Å². The third kappa shape index (κ3) is 5.31. The van der Waals surface area contributed by atoms with E-state index in [1.165, 1.54) is 12.1 Å². The number of hydrogen-bond donors (Lipinski definition) is 1. The van der Waals surface area contributed by atoms with Gasteiger partial charge in [0.1, 0.15) is 5.82 Å². The number of hydrogen-bond acceptors (Lipinski definition) is 4. The molecule has 3 fully saturated rings. The molecular formula is C23H32FN3O3. The van der Waals surface area contributed by atoms with Crippen LogP contribution in [-0.2, 0) is 9.59 Å². The third-order valence-corrected chi connectivity index (χ3v) is 6.95. The second kappa shape index (κ2) is 9.33. The second-order valence-corrected chi connectivity index (χ2v) is 9.06. The molecule has 1 aromatic rings. The number of carbonyl (C=O) groups is 2. The van der Waals surface area contributed by atoms with Gasteiger partial charge >= 0.3 is 5.97 Å². The van der Waals surface area contributed by atoms with Crippen LogP contribution in [0.15, 0.2) is 24.3 Å². The molecule has 4 rings (SSSR count). The maximum Gasteiger partial charge on any atom is 0.303 e. The number of carbonyl (C=O) groups excluding carboxylic acids is 1. The summed E-state index contributed by atoms with van der Waals surface area (Å²) in [6, 6.07) is 6.66. The van der Waals surface area contributed by atoms with Gasteiger partial charge in [0.05, 0.1) is 0 Å². The van der Waals surface area contributed by atoms with Crippen LogP contribution in [0, 0.1) is 23.6 Å². The lowest BCUT2D eigenvalue weighted by molar-refractivity contribution is -0.140. The van der Waals surface area contributed by atoms with E-state index in [0.29, 0.717) is 13.1 Å². The number of benzene rings is 1. The summed E-state index contributed by atoms with van der Waals surface area (Å²) >= 11 is 0. The first-order chi connectivity index (χ1) is 14.5. The van der Waals surface area contributed by atoms with Gasteiger partial charge in [0, 0.05) is 57.3 Å². The summed E-state index contributed by atoms with van der Waals surface area (Å²) in [4.78, 5) is 30.5. The van der Waals surface area contributed by atoms with Crippen molar-refractivity contribution in [2.45, 2.75) is 32.1 Å². The summed E-state index contributed by atoms with van der Waals surface area (Å²) in [6.07, 6.45) is 3.96. The van der Waals surface area contributed by atoms with E-state index >= 15 is 0 Å². The Kier molecular flexibility index (Phi) is 6.56. The van der Waals surface area contributed by atoms with E-state index < -0.39 is 5.97 Å². The quantitative estimate of drug-likeness (QED) is 0.739. The van der Waals surface area contributed by atoms with Gasteiger partial charge in [0.25, 0.3) is 0 Å². The first-order valence-corrected chi connectivity index (χ1v) is 11.2. The summed E-state index contributed by atoms with van der Waals surface area (Å²) in [6.45, 7) is 6.05. The molecule has 6 nitrogen and oxygen atoms in total. The van der Waals surface area contributed by atoms with E-state index in [1.807, 2.05) is 17.0 Å². The molecule has 1 saturated carbocycles. The zero-order valence-electron chi connectivity index (χ0n) is 17.5. The number of rotatable bonds is 7. The maximum absolute atomic E-state index is 13.1. The summed E-state index contributed by atoms with van der Waals surface area (Å²) in [5, 5.41) is 9.31. The van der Waals surface area contributed by atoms with Crippen LogP contribution < -0.4 is 4.90 Å². The lowest BCUT2D eigenvalue weighted by Crippen LogP contribution is -2.49. The highest BCUT2D eigenvalue weighted by molar-refractivity contribution is 5.81. The van der Waals surface area contributed by atoms with Gasteiger partial charge in [-0.25, -0.2) is 4.39 Å². The second-order valence-electron chi connectivity index (χ2n) is 9.06. The molecule has 164 valence electrons. The molecule has 2 saturated heterocycles. The van der Waals surface area contributed by atoms with Gasteiger partial charge in [0.15, 0.2) is 0 Å². The van der Waals surface area contributed by atoms with E-state index in [-0.39, 0.29) is 35.9 Å². The van der Waals surface area contributed by atoms with Crippen LogP contribution in [-0.4, -0.2) is 72.6 Å². The van der Waals surface area contributed by atoms with Crippen molar-refractivity contribution in [3.05, 3.63) is 30.1 Å². The molecule has 1 N–H and O–H groups in total. The molecular weight excluding hydrogens is 385 g/mol. The average Bonchev–Trinajstić information content (AvgIpc) is 3.58. The van der Waals surface area contributed by atoms with E-state index in [2.05, 4.69) is 9.80 Å². The van der Waals surface area contributed by atoms with Crippen molar-refractivity contribution in [1.29, 1.82) is 0 Å². The fourth-order valence-electron chi connectivity index (χ4n) is 4.92. The van der Waals surface area contributed by atoms with Gasteiger partial charge in [0.2, 0.25) is 5.91 Å². The Morgan fingerprint density at radius 2 is 1.67 bits per heavy atom. The van der Waals surface area contributed by atoms with E-state index in [9.17, 15) is 19.1 Å². The van der Waals surface area contributed by atoms with E-state index in [4.69, 9.17) is 0 Å². The fourth-order valence-corrected chi connectivity index (χ4v) is 4.92. The van der Waals surface area contributed by atoms with Crippen molar-refractivity contribution in [2.24, 2.45) is 17.8 Å². The van der Waals surface area contributed by atoms with E-state index in [1.54, 1.807) is 0 Å². The standard InChI is InChI=1S/C23H32FN3O3/c24-20-3-5-21(6-4-20)26-13-11-25(12-14-26)9-7-19-16-27(23(30)17-1-2-17)10-8-18(19)15-22(28)29/h3-6,17-19H,1-2,7-16H2,(H,28,29)/t18-,19+/m0/s1. The summed E-state index contributed by atoms with van der Waals surface area (Å²) < 4.78 is 13.1. The van der Waals surface area contributed by atoms with Gasteiger partial charge in [-0.2, -0.15) is 0 Å². The minimum Gasteiger partial charge on any atom is -0.481 e. The van der Waals surface area contributed by atoms with Crippen LogP contribution in [0.2, 0.25) is 0 Å². The Labute approximate surface area is 177 Å². The number of anilines is 1. The maximum atomic E-state index is 13.1. The molecule has 1 amide bonds. The summed E-state index contributed by atoms with van der Waals surface area (Å²) in [5.74, 6) is -0.0308. The van der Waals surface area contributed by atoms with Crippen molar-refractivity contribution in [1.82, 2.24) is 9.80 Å². The van der Waals surface area contributed by atoms with Crippen LogP contribution in [0.4, 0.5) is 10.1 Å². The number of carboxylic acids is 1. The minimum absolute atomic E-state index is 0.159. The lowest BCUT2D eigenvalue weighted by Gasteiger charge is -2.40. The van der Waals surface area contributed by atoms with Crippen molar-refractivity contribution in [3.63, 3.8) is 0 Å². The molecule has 0 unspecified atom stereocenters. The van der Waals surface area contributed by atoms with E-state index in [0.717, 1.165) is 64.1 Å². The Morgan fingerprint density at radius 1 is 0.967 bits per heavy atom. The van der Waals surface area contributed by atoms with Crippen molar-refractivity contribution in [2.75, 3.05) is 50.7 Å². The molecule has 1 aromatic carbocycles. The Morgan fingerprint density at radius 3 is 2.30 bits per heavy atom. The number of nitrogens with zero attached hydrogens (tertiary/aromatic N) is 3. The van der Waals surface area contributed by atoms with Gasteiger partial charge < -0.3 is 14.9 Å². The number of piperazine rings is 1. The molecule has 2 atom stereocenters. The average molecular weight is 418 g/mol. The number of piperidine rings is 1.